The fourth-order valence-electron chi connectivity index (χ4n) is 3.16. The van der Waals surface area contributed by atoms with Crippen LogP contribution in [0.1, 0.15) is 28.7 Å². The number of amides is 2. The summed E-state index contributed by atoms with van der Waals surface area (Å²) in [5.74, 6) is -0.483. The van der Waals surface area contributed by atoms with E-state index in [1.54, 1.807) is 17.9 Å². The van der Waals surface area contributed by atoms with E-state index in [1.807, 2.05) is 42.5 Å². The molecular weight excluding hydrogens is 455 g/mol. The second-order valence-electron chi connectivity index (χ2n) is 6.99. The minimum Gasteiger partial charge on any atom is -0.352 e. The first-order valence-electron chi connectivity index (χ1n) is 9.41. The highest BCUT2D eigenvalue weighted by atomic mass is 35.5. The molecule has 0 aliphatic carbocycles. The van der Waals surface area contributed by atoms with Crippen molar-refractivity contribution in [2.45, 2.75) is 20.4 Å². The van der Waals surface area contributed by atoms with Crippen molar-refractivity contribution in [2.24, 2.45) is 0 Å². The number of aryl methyl sites for hydroxylation is 1. The monoisotopic (exact) mass is 472 g/mol. The molecule has 0 saturated heterocycles. The zero-order chi connectivity index (χ0) is 22.1. The molecule has 0 atom stereocenters. The summed E-state index contributed by atoms with van der Waals surface area (Å²) in [6.45, 7) is 3.52. The summed E-state index contributed by atoms with van der Waals surface area (Å²) in [5.41, 5.74) is 3.19. The average molecular weight is 473 g/mol. The maximum atomic E-state index is 13.5. The van der Waals surface area contributed by atoms with Gasteiger partial charge >= 0.3 is 0 Å². The van der Waals surface area contributed by atoms with Crippen LogP contribution in [0, 0.1) is 6.92 Å². The quantitative estimate of drug-likeness (QED) is 0.371. The van der Waals surface area contributed by atoms with E-state index in [-0.39, 0.29) is 22.5 Å². The summed E-state index contributed by atoms with van der Waals surface area (Å²) >= 11 is 13.9. The number of anilines is 2. The van der Waals surface area contributed by atoms with Gasteiger partial charge in [0, 0.05) is 18.3 Å². The van der Waals surface area contributed by atoms with E-state index in [0.717, 1.165) is 15.8 Å². The molecule has 0 radical (unpaired) electrons. The number of benzene rings is 2. The zero-order valence-electron chi connectivity index (χ0n) is 16.7. The Hall–Kier alpha value is -2.87. The van der Waals surface area contributed by atoms with Crippen LogP contribution in [0.5, 0.6) is 0 Å². The summed E-state index contributed by atoms with van der Waals surface area (Å²) in [4.78, 5) is 34.1. The molecule has 2 aromatic heterocycles. The molecule has 0 fully saturated rings. The minimum absolute atomic E-state index is 0.154. The summed E-state index contributed by atoms with van der Waals surface area (Å²) in [7, 11) is 0. The number of nitrogens with one attached hydrogen (secondary N) is 2. The lowest BCUT2D eigenvalue weighted by Crippen LogP contribution is -2.30. The number of halogens is 2. The van der Waals surface area contributed by atoms with Gasteiger partial charge in [-0.3, -0.25) is 14.5 Å². The molecule has 2 N–H and O–H groups in total. The maximum Gasteiger partial charge on any atom is 0.278 e. The van der Waals surface area contributed by atoms with Crippen LogP contribution in [0.4, 0.5) is 10.8 Å². The summed E-state index contributed by atoms with van der Waals surface area (Å²) in [6.07, 6.45) is 0. The van der Waals surface area contributed by atoms with Crippen LogP contribution in [0.15, 0.2) is 48.5 Å². The van der Waals surface area contributed by atoms with Crippen LogP contribution in [0.3, 0.4) is 0 Å². The molecule has 0 spiro atoms. The lowest BCUT2D eigenvalue weighted by atomic mass is 10.2. The van der Waals surface area contributed by atoms with Crippen molar-refractivity contribution >= 4 is 67.4 Å². The Morgan fingerprint density at radius 1 is 1.13 bits per heavy atom. The highest BCUT2D eigenvalue weighted by molar-refractivity contribution is 7.22. The van der Waals surface area contributed by atoms with Gasteiger partial charge in [0.15, 0.2) is 5.13 Å². The van der Waals surface area contributed by atoms with E-state index in [4.69, 9.17) is 23.2 Å². The SMILES string of the molecule is CC(=O)Nc1ccc2nc(N(Cc3ccccc3)C(=O)c3[nH]c(C)c(Cl)c3Cl)sc2c1. The Morgan fingerprint density at radius 2 is 1.87 bits per heavy atom. The number of carbonyl (C=O) groups is 2. The zero-order valence-corrected chi connectivity index (χ0v) is 19.0. The lowest BCUT2D eigenvalue weighted by Gasteiger charge is -2.19. The number of hydrogen-bond acceptors (Lipinski definition) is 4. The van der Waals surface area contributed by atoms with Crippen molar-refractivity contribution in [3.8, 4) is 0 Å². The summed E-state index contributed by atoms with van der Waals surface area (Å²) in [5, 5.41) is 3.80. The Bertz CT molecular complexity index is 1280. The minimum atomic E-state index is -0.329. The molecule has 0 saturated carbocycles. The van der Waals surface area contributed by atoms with E-state index in [2.05, 4.69) is 15.3 Å². The average Bonchev–Trinajstić information content (AvgIpc) is 3.27. The van der Waals surface area contributed by atoms with E-state index in [0.29, 0.717) is 28.1 Å². The Kier molecular flexibility index (Phi) is 6.00. The van der Waals surface area contributed by atoms with Gasteiger partial charge in [-0.2, -0.15) is 0 Å². The fourth-order valence-corrected chi connectivity index (χ4v) is 4.57. The first-order chi connectivity index (χ1) is 14.8. The van der Waals surface area contributed by atoms with Gasteiger partial charge in [0.25, 0.3) is 5.91 Å². The maximum absolute atomic E-state index is 13.5. The number of nitrogens with zero attached hydrogens (tertiary/aromatic N) is 2. The van der Waals surface area contributed by atoms with Gasteiger partial charge in [-0.05, 0) is 30.7 Å². The second-order valence-corrected chi connectivity index (χ2v) is 8.76. The van der Waals surface area contributed by atoms with Crippen LogP contribution < -0.4 is 10.2 Å². The van der Waals surface area contributed by atoms with E-state index in [9.17, 15) is 9.59 Å². The lowest BCUT2D eigenvalue weighted by molar-refractivity contribution is -0.114. The molecule has 6 nitrogen and oxygen atoms in total. The highest BCUT2D eigenvalue weighted by Gasteiger charge is 2.27. The predicted octanol–water partition coefficient (Wildman–Crippen LogP) is 6.05. The number of rotatable bonds is 5. The van der Waals surface area contributed by atoms with Crippen LogP contribution in [-0.4, -0.2) is 21.8 Å². The second kappa shape index (κ2) is 8.70. The van der Waals surface area contributed by atoms with Crippen molar-refractivity contribution in [2.75, 3.05) is 10.2 Å². The van der Waals surface area contributed by atoms with Crippen molar-refractivity contribution < 1.29 is 9.59 Å². The Balaban J connectivity index is 1.77. The largest absolute Gasteiger partial charge is 0.352 e. The molecule has 4 aromatic rings. The van der Waals surface area contributed by atoms with E-state index >= 15 is 0 Å². The summed E-state index contributed by atoms with van der Waals surface area (Å²) < 4.78 is 0.846. The third-order valence-electron chi connectivity index (χ3n) is 4.62. The topological polar surface area (TPSA) is 78.1 Å². The Morgan fingerprint density at radius 3 is 2.52 bits per heavy atom. The first-order valence-corrected chi connectivity index (χ1v) is 11.0. The number of aromatic nitrogens is 2. The normalized spacial score (nSPS) is 11.0. The van der Waals surface area contributed by atoms with Gasteiger partial charge < -0.3 is 10.3 Å². The van der Waals surface area contributed by atoms with Gasteiger partial charge in [0.05, 0.1) is 26.8 Å². The van der Waals surface area contributed by atoms with Crippen molar-refractivity contribution in [1.82, 2.24) is 9.97 Å². The molecule has 2 heterocycles. The molecule has 0 unspecified atom stereocenters. The molecule has 2 aromatic carbocycles. The van der Waals surface area contributed by atoms with Crippen molar-refractivity contribution in [1.29, 1.82) is 0 Å². The van der Waals surface area contributed by atoms with Crippen molar-refractivity contribution in [3.63, 3.8) is 0 Å². The number of thiazole rings is 1. The smallest absolute Gasteiger partial charge is 0.278 e. The number of hydrogen-bond donors (Lipinski definition) is 2. The van der Waals surface area contributed by atoms with Gasteiger partial charge in [0.1, 0.15) is 5.69 Å². The van der Waals surface area contributed by atoms with Gasteiger partial charge in [-0.1, -0.05) is 64.9 Å². The van der Waals surface area contributed by atoms with Crippen LogP contribution in [0.2, 0.25) is 10.0 Å². The van der Waals surface area contributed by atoms with Crippen LogP contribution in [0.25, 0.3) is 10.2 Å². The highest BCUT2D eigenvalue weighted by Crippen LogP contribution is 2.35. The van der Waals surface area contributed by atoms with Crippen LogP contribution in [-0.2, 0) is 11.3 Å². The molecule has 158 valence electrons. The third-order valence-corrected chi connectivity index (χ3v) is 6.61. The van der Waals surface area contributed by atoms with Gasteiger partial charge in [0.2, 0.25) is 5.91 Å². The van der Waals surface area contributed by atoms with Crippen LogP contribution >= 0.6 is 34.5 Å². The molecule has 0 aliphatic rings. The molecule has 2 amide bonds. The van der Waals surface area contributed by atoms with Gasteiger partial charge in [-0.15, -0.1) is 0 Å². The summed E-state index contributed by atoms with van der Waals surface area (Å²) in [6, 6.07) is 15.1. The predicted molar refractivity (Wildman–Crippen MR) is 126 cm³/mol. The van der Waals surface area contributed by atoms with E-state index in [1.165, 1.54) is 18.3 Å². The molecule has 9 heteroatoms. The molecule has 31 heavy (non-hydrogen) atoms. The third kappa shape index (κ3) is 4.44. The van der Waals surface area contributed by atoms with Gasteiger partial charge in [-0.25, -0.2) is 4.98 Å². The first kappa shape index (κ1) is 21.4. The molecule has 0 aliphatic heterocycles. The molecule has 4 rings (SSSR count). The fraction of sp³-hybridized carbons (Fsp3) is 0.136. The Labute approximate surface area is 192 Å². The molecular formula is C22H18Cl2N4O2S. The number of H-pyrrole nitrogens is 1. The van der Waals surface area contributed by atoms with Crippen molar-refractivity contribution in [3.05, 3.63) is 75.5 Å². The number of fused-ring (bicyclic) bond motifs is 1. The number of aromatic amines is 1. The standard InChI is InChI=1S/C22H18Cl2N4O2S/c1-12-18(23)19(24)20(25-12)21(30)28(11-14-6-4-3-5-7-14)22-27-16-9-8-15(26-13(2)29)10-17(16)31-22/h3-10,25H,11H2,1-2H3,(H,26,29). The van der Waals surface area contributed by atoms with E-state index < -0.39 is 0 Å². The number of carbonyl (C=O) groups excluding carboxylic acids is 2. The molecule has 0 bridgehead atoms.